The van der Waals surface area contributed by atoms with Crippen molar-refractivity contribution in [3.05, 3.63) is 62.6 Å². The molecule has 1 fully saturated rings. The molecule has 4 rings (SSSR count). The van der Waals surface area contributed by atoms with Crippen LogP contribution in [-0.2, 0) is 25.8 Å². The number of H-pyrrole nitrogens is 1. The van der Waals surface area contributed by atoms with Gasteiger partial charge >= 0.3 is 0 Å². The quantitative estimate of drug-likeness (QED) is 0.932. The standard InChI is InChI=1S/C21H27N3O/c1-15-5-4-12-24(15)14-17-10-8-16(9-11-17)13-20-18-6-2-3-7-19(18)21(25)23-22-20/h8-11,15H,2-7,12-14H2,1H3,(H,23,25). The maximum atomic E-state index is 12.0. The Morgan fingerprint density at radius 2 is 1.80 bits per heavy atom. The van der Waals surface area contributed by atoms with Gasteiger partial charge in [0.15, 0.2) is 0 Å². The van der Waals surface area contributed by atoms with Crippen LogP contribution in [0.2, 0.25) is 0 Å². The molecule has 0 bridgehead atoms. The molecule has 1 aliphatic carbocycles. The van der Waals surface area contributed by atoms with E-state index >= 15 is 0 Å². The Hall–Kier alpha value is -1.94. The number of nitrogens with zero attached hydrogens (tertiary/aromatic N) is 2. The number of nitrogens with one attached hydrogen (secondary N) is 1. The second-order valence-electron chi connectivity index (χ2n) is 7.62. The van der Waals surface area contributed by atoms with Crippen molar-refractivity contribution >= 4 is 0 Å². The van der Waals surface area contributed by atoms with E-state index in [1.807, 2.05) is 0 Å². The number of fused-ring (bicyclic) bond motifs is 1. The molecule has 25 heavy (non-hydrogen) atoms. The predicted octanol–water partition coefficient (Wildman–Crippen LogP) is 3.22. The van der Waals surface area contributed by atoms with Gasteiger partial charge in [0.2, 0.25) is 0 Å². The molecule has 1 aliphatic heterocycles. The number of hydrogen-bond acceptors (Lipinski definition) is 3. The monoisotopic (exact) mass is 337 g/mol. The van der Waals surface area contributed by atoms with E-state index in [-0.39, 0.29) is 5.56 Å². The lowest BCUT2D eigenvalue weighted by Crippen LogP contribution is -2.26. The highest BCUT2D eigenvalue weighted by Crippen LogP contribution is 2.23. The third-order valence-electron chi connectivity index (χ3n) is 5.85. The van der Waals surface area contributed by atoms with Crippen LogP contribution in [0.15, 0.2) is 29.1 Å². The summed E-state index contributed by atoms with van der Waals surface area (Å²) in [5, 5.41) is 7.06. The first-order valence-corrected chi connectivity index (χ1v) is 9.62. The van der Waals surface area contributed by atoms with Gasteiger partial charge in [0.1, 0.15) is 0 Å². The van der Waals surface area contributed by atoms with Gasteiger partial charge in [-0.1, -0.05) is 24.3 Å². The molecule has 132 valence electrons. The van der Waals surface area contributed by atoms with Gasteiger partial charge < -0.3 is 0 Å². The molecular weight excluding hydrogens is 310 g/mol. The van der Waals surface area contributed by atoms with E-state index < -0.39 is 0 Å². The average molecular weight is 337 g/mol. The SMILES string of the molecule is CC1CCCN1Cc1ccc(Cc2n[nH]c(=O)c3c2CCCC3)cc1. The van der Waals surface area contributed by atoms with Crippen LogP contribution < -0.4 is 5.56 Å². The van der Waals surface area contributed by atoms with Crippen molar-refractivity contribution in [2.75, 3.05) is 6.54 Å². The van der Waals surface area contributed by atoms with E-state index in [4.69, 9.17) is 0 Å². The maximum Gasteiger partial charge on any atom is 0.267 e. The van der Waals surface area contributed by atoms with Crippen LogP contribution >= 0.6 is 0 Å². The predicted molar refractivity (Wildman–Crippen MR) is 99.9 cm³/mol. The van der Waals surface area contributed by atoms with Crippen LogP contribution in [-0.4, -0.2) is 27.7 Å². The highest BCUT2D eigenvalue weighted by Gasteiger charge is 2.20. The molecule has 1 unspecified atom stereocenters. The topological polar surface area (TPSA) is 49.0 Å². The number of likely N-dealkylation sites (tertiary alicyclic amines) is 1. The Morgan fingerprint density at radius 1 is 1.08 bits per heavy atom. The highest BCUT2D eigenvalue weighted by atomic mass is 16.1. The molecule has 0 radical (unpaired) electrons. The van der Waals surface area contributed by atoms with Gasteiger partial charge in [-0.05, 0) is 68.7 Å². The van der Waals surface area contributed by atoms with Crippen molar-refractivity contribution < 1.29 is 0 Å². The van der Waals surface area contributed by atoms with Gasteiger partial charge in [-0.15, -0.1) is 0 Å². The second kappa shape index (κ2) is 7.12. The third kappa shape index (κ3) is 3.54. The van der Waals surface area contributed by atoms with Crippen molar-refractivity contribution in [3.63, 3.8) is 0 Å². The molecule has 0 saturated carbocycles. The summed E-state index contributed by atoms with van der Waals surface area (Å²) in [4.78, 5) is 14.5. The van der Waals surface area contributed by atoms with Gasteiger partial charge in [-0.3, -0.25) is 9.69 Å². The van der Waals surface area contributed by atoms with Crippen molar-refractivity contribution in [2.45, 2.75) is 64.5 Å². The largest absolute Gasteiger partial charge is 0.296 e. The number of aromatic amines is 1. The zero-order chi connectivity index (χ0) is 17.2. The zero-order valence-corrected chi connectivity index (χ0v) is 15.1. The van der Waals surface area contributed by atoms with Gasteiger partial charge in [-0.2, -0.15) is 5.10 Å². The van der Waals surface area contributed by atoms with Gasteiger partial charge in [-0.25, -0.2) is 5.10 Å². The first-order chi connectivity index (χ1) is 12.2. The van der Waals surface area contributed by atoms with E-state index in [0.717, 1.165) is 49.9 Å². The maximum absolute atomic E-state index is 12.0. The minimum absolute atomic E-state index is 0.00790. The fourth-order valence-electron chi connectivity index (χ4n) is 4.29. The third-order valence-corrected chi connectivity index (χ3v) is 5.85. The lowest BCUT2D eigenvalue weighted by Gasteiger charge is -2.21. The number of hydrogen-bond donors (Lipinski definition) is 1. The van der Waals surface area contributed by atoms with Crippen LogP contribution in [0.25, 0.3) is 0 Å². The molecule has 1 aromatic heterocycles. The summed E-state index contributed by atoms with van der Waals surface area (Å²) in [6, 6.07) is 9.64. The molecule has 0 amide bonds. The minimum Gasteiger partial charge on any atom is -0.296 e. The molecule has 2 aromatic rings. The van der Waals surface area contributed by atoms with E-state index in [1.165, 1.54) is 36.1 Å². The summed E-state index contributed by atoms with van der Waals surface area (Å²) in [5.41, 5.74) is 5.88. The second-order valence-corrected chi connectivity index (χ2v) is 7.62. The van der Waals surface area contributed by atoms with Crippen LogP contribution in [0.4, 0.5) is 0 Å². The number of aromatic nitrogens is 2. The van der Waals surface area contributed by atoms with Crippen LogP contribution in [0, 0.1) is 0 Å². The van der Waals surface area contributed by atoms with E-state index in [0.29, 0.717) is 6.04 Å². The van der Waals surface area contributed by atoms with Crippen LogP contribution in [0.5, 0.6) is 0 Å². The van der Waals surface area contributed by atoms with E-state index in [1.54, 1.807) is 0 Å². The first-order valence-electron chi connectivity index (χ1n) is 9.62. The fourth-order valence-corrected chi connectivity index (χ4v) is 4.29. The van der Waals surface area contributed by atoms with E-state index in [2.05, 4.69) is 46.3 Å². The Morgan fingerprint density at radius 3 is 2.52 bits per heavy atom. The summed E-state index contributed by atoms with van der Waals surface area (Å²) < 4.78 is 0. The molecule has 2 heterocycles. The molecule has 1 atom stereocenters. The molecule has 4 nitrogen and oxygen atoms in total. The Kier molecular flexibility index (Phi) is 4.71. The molecule has 0 spiro atoms. The highest BCUT2D eigenvalue weighted by molar-refractivity contribution is 5.34. The van der Waals surface area contributed by atoms with Crippen molar-refractivity contribution in [1.29, 1.82) is 0 Å². The Labute approximate surface area is 149 Å². The molecular formula is C21H27N3O. The van der Waals surface area contributed by atoms with Crippen LogP contribution in [0.3, 0.4) is 0 Å². The number of rotatable bonds is 4. The smallest absolute Gasteiger partial charge is 0.267 e. The molecule has 1 saturated heterocycles. The average Bonchev–Trinajstić information content (AvgIpc) is 3.04. The van der Waals surface area contributed by atoms with Gasteiger partial charge in [0, 0.05) is 24.6 Å². The number of benzene rings is 1. The fraction of sp³-hybridized carbons (Fsp3) is 0.524. The lowest BCUT2D eigenvalue weighted by atomic mass is 9.90. The summed E-state index contributed by atoms with van der Waals surface area (Å²) in [5.74, 6) is 0. The first kappa shape index (κ1) is 16.5. The van der Waals surface area contributed by atoms with Crippen molar-refractivity contribution in [1.82, 2.24) is 15.1 Å². The Balaban J connectivity index is 1.49. The van der Waals surface area contributed by atoms with Crippen LogP contribution in [0.1, 0.15) is 60.6 Å². The summed E-state index contributed by atoms with van der Waals surface area (Å²) in [6.07, 6.45) is 7.61. The van der Waals surface area contributed by atoms with Gasteiger partial charge in [0.05, 0.1) is 5.69 Å². The molecule has 4 heteroatoms. The van der Waals surface area contributed by atoms with E-state index in [9.17, 15) is 4.79 Å². The zero-order valence-electron chi connectivity index (χ0n) is 15.1. The molecule has 1 N–H and O–H groups in total. The summed E-state index contributed by atoms with van der Waals surface area (Å²) >= 11 is 0. The minimum atomic E-state index is 0.00790. The summed E-state index contributed by atoms with van der Waals surface area (Å²) in [6.45, 7) is 4.59. The lowest BCUT2D eigenvalue weighted by molar-refractivity contribution is 0.260. The summed E-state index contributed by atoms with van der Waals surface area (Å²) in [7, 11) is 0. The molecule has 1 aromatic carbocycles. The Bertz CT molecular complexity index is 794. The molecule has 2 aliphatic rings. The van der Waals surface area contributed by atoms with Crippen molar-refractivity contribution in [2.24, 2.45) is 0 Å². The normalized spacial score (nSPS) is 20.6. The van der Waals surface area contributed by atoms with Crippen molar-refractivity contribution in [3.8, 4) is 0 Å². The van der Waals surface area contributed by atoms with Gasteiger partial charge in [0.25, 0.3) is 5.56 Å².